The van der Waals surface area contributed by atoms with E-state index in [9.17, 15) is 18.0 Å². The van der Waals surface area contributed by atoms with Crippen molar-refractivity contribution in [3.05, 3.63) is 82.7 Å². The number of alkyl halides is 3. The van der Waals surface area contributed by atoms with Gasteiger partial charge >= 0.3 is 6.18 Å². The van der Waals surface area contributed by atoms with Gasteiger partial charge in [-0.25, -0.2) is 0 Å². The monoisotopic (exact) mass is 480 g/mol. The summed E-state index contributed by atoms with van der Waals surface area (Å²) in [5.41, 5.74) is 2.79. The number of aromatic nitrogens is 2. The first-order valence-electron chi connectivity index (χ1n) is 10.9. The van der Waals surface area contributed by atoms with Crippen molar-refractivity contribution in [3.63, 3.8) is 0 Å². The summed E-state index contributed by atoms with van der Waals surface area (Å²) in [5, 5.41) is 6.76. The molecule has 33 heavy (non-hydrogen) atoms. The molecule has 1 aromatic carbocycles. The Morgan fingerprint density at radius 3 is 2.45 bits per heavy atom. The zero-order valence-electron chi connectivity index (χ0n) is 19.6. The molecule has 1 N–H and O–H groups in total. The number of Topliss-reactive ketones (excluding diaryl/α,β-unsaturated/α-hetero) is 1. The predicted molar refractivity (Wildman–Crippen MR) is 130 cm³/mol. The van der Waals surface area contributed by atoms with Crippen LogP contribution in [0.3, 0.4) is 0 Å². The Labute approximate surface area is 199 Å². The molecule has 7 heteroatoms. The lowest BCUT2D eigenvalue weighted by Gasteiger charge is -2.18. The van der Waals surface area contributed by atoms with Crippen LogP contribution in [0.2, 0.25) is 5.02 Å². The van der Waals surface area contributed by atoms with Crippen LogP contribution in [0.5, 0.6) is 0 Å². The Morgan fingerprint density at radius 2 is 1.97 bits per heavy atom. The number of rotatable bonds is 9. The summed E-state index contributed by atoms with van der Waals surface area (Å²) < 4.78 is 38.6. The van der Waals surface area contributed by atoms with Gasteiger partial charge in [0.05, 0.1) is 16.3 Å². The molecule has 0 bridgehead atoms. The first kappa shape index (κ1) is 28.4. The number of aromatic amines is 1. The number of nitrogens with one attached hydrogen (secondary N) is 1. The van der Waals surface area contributed by atoms with Gasteiger partial charge in [0.15, 0.2) is 0 Å². The first-order chi connectivity index (χ1) is 15.6. The molecule has 0 aliphatic heterocycles. The van der Waals surface area contributed by atoms with Crippen molar-refractivity contribution in [2.45, 2.75) is 65.5 Å². The van der Waals surface area contributed by atoms with Crippen molar-refractivity contribution < 1.29 is 18.0 Å². The average molecular weight is 481 g/mol. The minimum Gasteiger partial charge on any atom is -0.300 e. The predicted octanol–water partition coefficient (Wildman–Crippen LogP) is 8.48. The van der Waals surface area contributed by atoms with E-state index in [2.05, 4.69) is 16.8 Å². The van der Waals surface area contributed by atoms with Crippen LogP contribution in [0.1, 0.15) is 74.9 Å². The van der Waals surface area contributed by atoms with Crippen molar-refractivity contribution >= 4 is 23.0 Å². The number of nitrogens with zero attached hydrogens (tertiary/aromatic N) is 1. The van der Waals surface area contributed by atoms with Crippen LogP contribution >= 0.6 is 11.6 Å². The third-order valence-corrected chi connectivity index (χ3v) is 5.25. The fourth-order valence-electron chi connectivity index (χ4n) is 3.27. The summed E-state index contributed by atoms with van der Waals surface area (Å²) >= 11 is 5.61. The Hall–Kier alpha value is -2.60. The molecule has 0 saturated heterocycles. The Morgan fingerprint density at radius 1 is 1.27 bits per heavy atom. The lowest BCUT2D eigenvalue weighted by atomic mass is 9.88. The molecule has 180 valence electrons. The van der Waals surface area contributed by atoms with Crippen LogP contribution in [0, 0.1) is 6.92 Å². The van der Waals surface area contributed by atoms with Crippen LogP contribution < -0.4 is 0 Å². The highest BCUT2D eigenvalue weighted by Gasteiger charge is 2.34. The molecule has 0 aliphatic rings. The number of carbonyl (C=O) groups is 1. The summed E-state index contributed by atoms with van der Waals surface area (Å²) in [6, 6.07) is 5.93. The van der Waals surface area contributed by atoms with Crippen molar-refractivity contribution in [2.75, 3.05) is 0 Å². The quantitative estimate of drug-likeness (QED) is 0.366. The van der Waals surface area contributed by atoms with Gasteiger partial charge in [-0.15, -0.1) is 0 Å². The molecule has 1 unspecified atom stereocenters. The third-order valence-electron chi connectivity index (χ3n) is 4.92. The van der Waals surface area contributed by atoms with Crippen LogP contribution in [0.25, 0.3) is 5.57 Å². The summed E-state index contributed by atoms with van der Waals surface area (Å²) in [6.45, 7) is 11.3. The second-order valence-electron chi connectivity index (χ2n) is 7.61. The summed E-state index contributed by atoms with van der Waals surface area (Å²) in [4.78, 5) is 11.6. The van der Waals surface area contributed by atoms with E-state index in [0.717, 1.165) is 29.4 Å². The molecular weight excluding hydrogens is 449 g/mol. The van der Waals surface area contributed by atoms with E-state index >= 15 is 0 Å². The summed E-state index contributed by atoms with van der Waals surface area (Å²) in [6.07, 6.45) is 5.41. The van der Waals surface area contributed by atoms with Gasteiger partial charge in [-0.1, -0.05) is 68.8 Å². The number of ketones is 1. The Bertz CT molecular complexity index is 974. The van der Waals surface area contributed by atoms with E-state index in [0.29, 0.717) is 18.4 Å². The van der Waals surface area contributed by atoms with Gasteiger partial charge in [-0.3, -0.25) is 9.89 Å². The average Bonchev–Trinajstić information content (AvgIpc) is 3.19. The maximum atomic E-state index is 12.9. The fourth-order valence-corrected chi connectivity index (χ4v) is 3.49. The van der Waals surface area contributed by atoms with Crippen molar-refractivity contribution in [1.29, 1.82) is 0 Å². The number of hydrogen-bond donors (Lipinski definition) is 1. The molecular formula is C26H32ClF3N2O. The summed E-state index contributed by atoms with van der Waals surface area (Å²) in [5.74, 6) is -0.113. The minimum absolute atomic E-state index is 0.0620. The van der Waals surface area contributed by atoms with Gasteiger partial charge in [0.2, 0.25) is 0 Å². The Balaban J connectivity index is 0.000000361. The number of benzene rings is 1. The van der Waals surface area contributed by atoms with E-state index in [4.69, 9.17) is 11.6 Å². The largest absolute Gasteiger partial charge is 0.417 e. The van der Waals surface area contributed by atoms with Gasteiger partial charge in [0.25, 0.3) is 0 Å². The number of aryl methyl sites for hydroxylation is 1. The van der Waals surface area contributed by atoms with Crippen molar-refractivity contribution in [2.24, 2.45) is 0 Å². The normalized spacial score (nSPS) is 12.9. The van der Waals surface area contributed by atoms with Gasteiger partial charge in [-0.2, -0.15) is 18.3 Å². The maximum absolute atomic E-state index is 12.9. The minimum atomic E-state index is -4.47. The smallest absolute Gasteiger partial charge is 0.300 e. The lowest BCUT2D eigenvalue weighted by molar-refractivity contribution is -0.137. The van der Waals surface area contributed by atoms with Crippen LogP contribution in [0.15, 0.2) is 55.1 Å². The number of H-pyrrole nitrogens is 1. The van der Waals surface area contributed by atoms with Crippen LogP contribution in [-0.4, -0.2) is 16.0 Å². The molecule has 1 atom stereocenters. The molecule has 1 aromatic heterocycles. The molecule has 3 nitrogen and oxygen atoms in total. The van der Waals surface area contributed by atoms with E-state index in [1.165, 1.54) is 6.07 Å². The standard InChI is InChI=1S/C15H18ClF3O.C11H14N2/c1-3-5-10(8-12(20)4-2)11-6-7-14(16)13(9-11)15(17,18)19;1-4-6-10(7-5-2)11-8-9(3)12-13-11/h6-7,9-10H,3-5,8H2,1-2H3;4-8H,1H2,2-3H3,(H,12,13)/b;7-5-,10-6+. The van der Waals surface area contributed by atoms with Crippen molar-refractivity contribution in [1.82, 2.24) is 10.2 Å². The van der Waals surface area contributed by atoms with Gasteiger partial charge in [0.1, 0.15) is 5.78 Å². The molecule has 0 radical (unpaired) electrons. The highest BCUT2D eigenvalue weighted by molar-refractivity contribution is 6.31. The highest BCUT2D eigenvalue weighted by Crippen LogP contribution is 2.37. The molecule has 0 spiro atoms. The number of halogens is 4. The molecule has 2 rings (SSSR count). The second-order valence-corrected chi connectivity index (χ2v) is 8.02. The molecule has 2 aromatic rings. The molecule has 1 heterocycles. The van der Waals surface area contributed by atoms with Crippen LogP contribution in [-0.2, 0) is 11.0 Å². The second kappa shape index (κ2) is 13.8. The number of carbonyl (C=O) groups excluding carboxylic acids is 1. The fraction of sp³-hybridized carbons (Fsp3) is 0.385. The van der Waals surface area contributed by atoms with Crippen LogP contribution in [0.4, 0.5) is 13.2 Å². The van der Waals surface area contributed by atoms with E-state index in [1.807, 2.05) is 45.1 Å². The number of hydrogen-bond acceptors (Lipinski definition) is 2. The van der Waals surface area contributed by atoms with E-state index in [-0.39, 0.29) is 23.1 Å². The molecule has 0 fully saturated rings. The van der Waals surface area contributed by atoms with E-state index in [1.54, 1.807) is 19.1 Å². The zero-order valence-corrected chi connectivity index (χ0v) is 20.4. The van der Waals surface area contributed by atoms with E-state index < -0.39 is 11.7 Å². The zero-order chi connectivity index (χ0) is 25.0. The molecule has 0 saturated carbocycles. The molecule has 0 amide bonds. The SMILES string of the molecule is C=C/C=C(\C=C/C)c1cc(C)[nH]n1.CCCC(CC(=O)CC)c1ccc(Cl)c(C(F)(F)F)c1. The van der Waals surface area contributed by atoms with Crippen molar-refractivity contribution in [3.8, 4) is 0 Å². The maximum Gasteiger partial charge on any atom is 0.417 e. The Kier molecular flexibility index (Phi) is 11.9. The third kappa shape index (κ3) is 9.42. The van der Waals surface area contributed by atoms with Gasteiger partial charge in [-0.05, 0) is 49.9 Å². The lowest BCUT2D eigenvalue weighted by Crippen LogP contribution is -2.10. The highest BCUT2D eigenvalue weighted by atomic mass is 35.5. The molecule has 0 aliphatic carbocycles. The van der Waals surface area contributed by atoms with Gasteiger partial charge < -0.3 is 0 Å². The number of allylic oxidation sites excluding steroid dienone is 5. The first-order valence-corrected chi connectivity index (χ1v) is 11.3. The van der Waals surface area contributed by atoms with Gasteiger partial charge in [0, 0.05) is 24.1 Å². The topological polar surface area (TPSA) is 45.8 Å². The summed E-state index contributed by atoms with van der Waals surface area (Å²) in [7, 11) is 0.